The summed E-state index contributed by atoms with van der Waals surface area (Å²) in [6.45, 7) is 4.81. The van der Waals surface area contributed by atoms with Crippen LogP contribution in [0, 0.1) is 6.92 Å². The number of unbranched alkanes of at least 4 members (excludes halogenated alkanes) is 2. The Morgan fingerprint density at radius 3 is 2.53 bits per heavy atom. The number of rotatable bonds is 10. The van der Waals surface area contributed by atoms with E-state index in [2.05, 4.69) is 14.9 Å². The molecule has 0 atom stereocenters. The second-order valence-electron chi connectivity index (χ2n) is 7.13. The van der Waals surface area contributed by atoms with E-state index in [1.807, 2.05) is 69.4 Å². The quantitative estimate of drug-likeness (QED) is 0.340. The molecule has 0 radical (unpaired) electrons. The van der Waals surface area contributed by atoms with Crippen LogP contribution in [-0.4, -0.2) is 36.2 Å². The SMILES string of the molecule is CCOC(=O)CCCCCOc1ccc(N(C)c2nc(C)nc3ccccc23)cc1. The van der Waals surface area contributed by atoms with Crippen molar-refractivity contribution in [3.8, 4) is 5.75 Å². The van der Waals surface area contributed by atoms with Crippen molar-refractivity contribution in [2.24, 2.45) is 0 Å². The van der Waals surface area contributed by atoms with Gasteiger partial charge in [-0.05, 0) is 69.5 Å². The summed E-state index contributed by atoms with van der Waals surface area (Å²) in [4.78, 5) is 22.5. The highest BCUT2D eigenvalue weighted by molar-refractivity contribution is 5.91. The molecular weight excluding hydrogens is 378 g/mol. The molecule has 0 amide bonds. The first-order valence-corrected chi connectivity index (χ1v) is 10.4. The van der Waals surface area contributed by atoms with E-state index in [4.69, 9.17) is 9.47 Å². The molecular formula is C24H29N3O3. The van der Waals surface area contributed by atoms with Gasteiger partial charge in [-0.3, -0.25) is 4.79 Å². The Labute approximate surface area is 177 Å². The van der Waals surface area contributed by atoms with Gasteiger partial charge in [0.05, 0.1) is 18.7 Å². The van der Waals surface area contributed by atoms with E-state index in [1.54, 1.807) is 0 Å². The van der Waals surface area contributed by atoms with Gasteiger partial charge in [-0.1, -0.05) is 12.1 Å². The van der Waals surface area contributed by atoms with Gasteiger partial charge in [-0.2, -0.15) is 0 Å². The van der Waals surface area contributed by atoms with Gasteiger partial charge < -0.3 is 14.4 Å². The van der Waals surface area contributed by atoms with E-state index >= 15 is 0 Å². The van der Waals surface area contributed by atoms with E-state index in [0.29, 0.717) is 19.6 Å². The van der Waals surface area contributed by atoms with Gasteiger partial charge in [-0.15, -0.1) is 0 Å². The number of anilines is 2. The Kier molecular flexibility index (Phi) is 7.60. The maximum atomic E-state index is 11.3. The van der Waals surface area contributed by atoms with Crippen LogP contribution in [0.4, 0.5) is 11.5 Å². The minimum atomic E-state index is -0.121. The van der Waals surface area contributed by atoms with Crippen LogP contribution >= 0.6 is 0 Å². The number of para-hydroxylation sites is 1. The highest BCUT2D eigenvalue weighted by Crippen LogP contribution is 2.29. The van der Waals surface area contributed by atoms with Crippen LogP contribution in [0.15, 0.2) is 48.5 Å². The molecule has 0 aliphatic heterocycles. The van der Waals surface area contributed by atoms with Crippen LogP contribution in [0.5, 0.6) is 5.75 Å². The van der Waals surface area contributed by atoms with Crippen molar-refractivity contribution in [3.05, 3.63) is 54.4 Å². The van der Waals surface area contributed by atoms with Crippen LogP contribution in [0.2, 0.25) is 0 Å². The molecule has 1 aromatic heterocycles. The third-order valence-corrected chi connectivity index (χ3v) is 4.84. The van der Waals surface area contributed by atoms with Crippen molar-refractivity contribution in [1.29, 1.82) is 0 Å². The Hall–Kier alpha value is -3.15. The normalized spacial score (nSPS) is 10.8. The lowest BCUT2D eigenvalue weighted by Crippen LogP contribution is -2.13. The van der Waals surface area contributed by atoms with Crippen molar-refractivity contribution in [2.45, 2.75) is 39.5 Å². The van der Waals surface area contributed by atoms with Gasteiger partial charge in [-0.25, -0.2) is 9.97 Å². The lowest BCUT2D eigenvalue weighted by molar-refractivity contribution is -0.143. The predicted molar refractivity (Wildman–Crippen MR) is 119 cm³/mol. The van der Waals surface area contributed by atoms with E-state index < -0.39 is 0 Å². The number of ether oxygens (including phenoxy) is 2. The summed E-state index contributed by atoms with van der Waals surface area (Å²) in [7, 11) is 2.01. The van der Waals surface area contributed by atoms with Crippen LogP contribution in [0.25, 0.3) is 10.9 Å². The molecule has 3 rings (SSSR count). The Bertz CT molecular complexity index is 973. The summed E-state index contributed by atoms with van der Waals surface area (Å²) in [5.74, 6) is 2.35. The average molecular weight is 408 g/mol. The molecule has 0 aliphatic rings. The molecule has 2 aromatic carbocycles. The molecule has 1 heterocycles. The molecule has 158 valence electrons. The highest BCUT2D eigenvalue weighted by Gasteiger charge is 2.12. The molecule has 0 unspecified atom stereocenters. The molecule has 0 bridgehead atoms. The fourth-order valence-corrected chi connectivity index (χ4v) is 3.29. The molecule has 0 saturated heterocycles. The number of fused-ring (bicyclic) bond motifs is 1. The minimum absolute atomic E-state index is 0.121. The molecule has 0 saturated carbocycles. The first-order chi connectivity index (χ1) is 14.6. The number of hydrogen-bond acceptors (Lipinski definition) is 6. The Balaban J connectivity index is 1.54. The largest absolute Gasteiger partial charge is 0.494 e. The van der Waals surface area contributed by atoms with Gasteiger partial charge in [0.1, 0.15) is 17.4 Å². The predicted octanol–water partition coefficient (Wildman–Crippen LogP) is 5.21. The summed E-state index contributed by atoms with van der Waals surface area (Å²) in [5, 5.41) is 1.02. The van der Waals surface area contributed by atoms with E-state index in [1.165, 1.54) is 0 Å². The standard InChI is InChI=1S/C24H29N3O3/c1-4-29-23(28)12-6-5-9-17-30-20-15-13-19(14-16-20)27(3)24-21-10-7-8-11-22(21)25-18(2)26-24/h7-8,10-11,13-16H,4-6,9,12,17H2,1-3H3. The van der Waals surface area contributed by atoms with Crippen molar-refractivity contribution < 1.29 is 14.3 Å². The zero-order valence-electron chi connectivity index (χ0n) is 17.9. The van der Waals surface area contributed by atoms with Crippen LogP contribution in [-0.2, 0) is 9.53 Å². The molecule has 0 aliphatic carbocycles. The van der Waals surface area contributed by atoms with E-state index in [9.17, 15) is 4.79 Å². The van der Waals surface area contributed by atoms with E-state index in [0.717, 1.165) is 53.2 Å². The zero-order valence-corrected chi connectivity index (χ0v) is 17.9. The van der Waals surface area contributed by atoms with Crippen LogP contribution in [0.1, 0.15) is 38.4 Å². The molecule has 0 fully saturated rings. The third-order valence-electron chi connectivity index (χ3n) is 4.84. The fourth-order valence-electron chi connectivity index (χ4n) is 3.29. The summed E-state index contributed by atoms with van der Waals surface area (Å²) < 4.78 is 10.8. The number of aryl methyl sites for hydroxylation is 1. The van der Waals surface area contributed by atoms with Gasteiger partial charge in [0.25, 0.3) is 0 Å². The number of benzene rings is 2. The molecule has 30 heavy (non-hydrogen) atoms. The van der Waals surface area contributed by atoms with Crippen molar-refractivity contribution in [3.63, 3.8) is 0 Å². The Morgan fingerprint density at radius 1 is 1.00 bits per heavy atom. The van der Waals surface area contributed by atoms with Gasteiger partial charge in [0.15, 0.2) is 0 Å². The van der Waals surface area contributed by atoms with Gasteiger partial charge in [0.2, 0.25) is 0 Å². The molecule has 3 aromatic rings. The lowest BCUT2D eigenvalue weighted by atomic mass is 10.2. The summed E-state index contributed by atoms with van der Waals surface area (Å²) in [6.07, 6.45) is 3.16. The first kappa shape index (κ1) is 21.6. The second kappa shape index (κ2) is 10.6. The average Bonchev–Trinajstić information content (AvgIpc) is 2.75. The maximum Gasteiger partial charge on any atom is 0.305 e. The number of esters is 1. The number of carbonyl (C=O) groups is 1. The topological polar surface area (TPSA) is 64.6 Å². The summed E-state index contributed by atoms with van der Waals surface area (Å²) >= 11 is 0. The van der Waals surface area contributed by atoms with Gasteiger partial charge in [0, 0.05) is 24.5 Å². The summed E-state index contributed by atoms with van der Waals surface area (Å²) in [6, 6.07) is 16.0. The monoisotopic (exact) mass is 407 g/mol. The van der Waals surface area contributed by atoms with Crippen molar-refractivity contribution in [1.82, 2.24) is 9.97 Å². The molecule has 0 N–H and O–H groups in total. The highest BCUT2D eigenvalue weighted by atomic mass is 16.5. The zero-order chi connectivity index (χ0) is 21.3. The lowest BCUT2D eigenvalue weighted by Gasteiger charge is -2.20. The Morgan fingerprint density at radius 2 is 1.77 bits per heavy atom. The van der Waals surface area contributed by atoms with Crippen molar-refractivity contribution >= 4 is 28.4 Å². The number of aromatic nitrogens is 2. The number of hydrogen-bond donors (Lipinski definition) is 0. The smallest absolute Gasteiger partial charge is 0.305 e. The number of nitrogens with zero attached hydrogens (tertiary/aromatic N) is 3. The first-order valence-electron chi connectivity index (χ1n) is 10.4. The maximum absolute atomic E-state index is 11.3. The molecule has 6 heteroatoms. The second-order valence-corrected chi connectivity index (χ2v) is 7.13. The molecule has 0 spiro atoms. The summed E-state index contributed by atoms with van der Waals surface area (Å²) in [5.41, 5.74) is 1.97. The third kappa shape index (κ3) is 5.69. The van der Waals surface area contributed by atoms with Crippen LogP contribution in [0.3, 0.4) is 0 Å². The van der Waals surface area contributed by atoms with Gasteiger partial charge >= 0.3 is 5.97 Å². The minimum Gasteiger partial charge on any atom is -0.494 e. The number of carbonyl (C=O) groups excluding carboxylic acids is 1. The van der Waals surface area contributed by atoms with Crippen molar-refractivity contribution in [2.75, 3.05) is 25.2 Å². The molecule has 6 nitrogen and oxygen atoms in total. The fraction of sp³-hybridized carbons (Fsp3) is 0.375. The van der Waals surface area contributed by atoms with E-state index in [-0.39, 0.29) is 5.97 Å². The van der Waals surface area contributed by atoms with Crippen LogP contribution < -0.4 is 9.64 Å².